The standard InChI is InChI=1S/C20H25N3O2S/c1-22(20(26)21-17-5-9-19(24-2)10-6-17)15-16-3-7-18(8-4-16)23-11-13-25-14-12-23/h3-10H,11-15H2,1-2H3,(H,21,26). The van der Waals surface area contributed by atoms with Crippen LogP contribution in [0.4, 0.5) is 11.4 Å². The molecule has 0 spiro atoms. The number of anilines is 2. The molecule has 1 aliphatic heterocycles. The molecule has 1 fully saturated rings. The highest BCUT2D eigenvalue weighted by atomic mass is 32.1. The lowest BCUT2D eigenvalue weighted by molar-refractivity contribution is 0.122. The van der Waals surface area contributed by atoms with Crippen molar-refractivity contribution in [2.75, 3.05) is 50.7 Å². The van der Waals surface area contributed by atoms with Crippen LogP contribution in [-0.4, -0.2) is 50.5 Å². The van der Waals surface area contributed by atoms with Gasteiger partial charge in [0.1, 0.15) is 5.75 Å². The Hall–Kier alpha value is -2.31. The SMILES string of the molecule is COc1ccc(NC(=S)N(C)Cc2ccc(N3CCOCC3)cc2)cc1. The molecule has 2 aromatic rings. The van der Waals surface area contributed by atoms with Gasteiger partial charge in [-0.2, -0.15) is 0 Å². The summed E-state index contributed by atoms with van der Waals surface area (Å²) < 4.78 is 10.6. The summed E-state index contributed by atoms with van der Waals surface area (Å²) >= 11 is 5.51. The lowest BCUT2D eigenvalue weighted by atomic mass is 10.2. The molecule has 0 radical (unpaired) electrons. The highest BCUT2D eigenvalue weighted by Gasteiger charge is 2.11. The number of ether oxygens (including phenoxy) is 2. The number of hydrogen-bond acceptors (Lipinski definition) is 4. The van der Waals surface area contributed by atoms with Gasteiger partial charge in [0.25, 0.3) is 0 Å². The number of benzene rings is 2. The van der Waals surface area contributed by atoms with Crippen molar-refractivity contribution < 1.29 is 9.47 Å². The highest BCUT2D eigenvalue weighted by Crippen LogP contribution is 2.18. The number of rotatable bonds is 5. The molecule has 0 aliphatic carbocycles. The molecule has 1 N–H and O–H groups in total. The van der Waals surface area contributed by atoms with Gasteiger partial charge in [0.2, 0.25) is 0 Å². The van der Waals surface area contributed by atoms with Crippen LogP contribution in [-0.2, 0) is 11.3 Å². The Bertz CT molecular complexity index is 713. The molecule has 1 heterocycles. The summed E-state index contributed by atoms with van der Waals surface area (Å²) in [5.41, 5.74) is 3.42. The Labute approximate surface area is 160 Å². The Kier molecular flexibility index (Phi) is 6.30. The Morgan fingerprint density at radius 1 is 1.12 bits per heavy atom. The van der Waals surface area contributed by atoms with E-state index in [1.807, 2.05) is 36.2 Å². The van der Waals surface area contributed by atoms with E-state index in [1.165, 1.54) is 11.3 Å². The van der Waals surface area contributed by atoms with E-state index in [0.717, 1.165) is 44.3 Å². The average molecular weight is 372 g/mol. The van der Waals surface area contributed by atoms with E-state index >= 15 is 0 Å². The Morgan fingerprint density at radius 2 is 1.77 bits per heavy atom. The number of methoxy groups -OCH3 is 1. The van der Waals surface area contributed by atoms with Crippen molar-refractivity contribution in [3.8, 4) is 5.75 Å². The largest absolute Gasteiger partial charge is 0.497 e. The van der Waals surface area contributed by atoms with E-state index in [1.54, 1.807) is 7.11 Å². The maximum atomic E-state index is 5.51. The van der Waals surface area contributed by atoms with Gasteiger partial charge in [-0.3, -0.25) is 0 Å². The van der Waals surface area contributed by atoms with Gasteiger partial charge in [0.05, 0.1) is 20.3 Å². The minimum atomic E-state index is 0.687. The first-order valence-corrected chi connectivity index (χ1v) is 9.14. The number of thiocarbonyl (C=S) groups is 1. The lowest BCUT2D eigenvalue weighted by Crippen LogP contribution is -2.36. The summed E-state index contributed by atoms with van der Waals surface area (Å²) in [5.74, 6) is 0.829. The smallest absolute Gasteiger partial charge is 0.173 e. The van der Waals surface area contributed by atoms with Gasteiger partial charge in [-0.15, -0.1) is 0 Å². The Morgan fingerprint density at radius 3 is 2.38 bits per heavy atom. The first-order chi connectivity index (χ1) is 12.7. The maximum absolute atomic E-state index is 5.51. The van der Waals surface area contributed by atoms with Crippen molar-refractivity contribution in [3.05, 3.63) is 54.1 Å². The molecule has 0 saturated carbocycles. The third kappa shape index (κ3) is 4.86. The van der Waals surface area contributed by atoms with Crippen LogP contribution < -0.4 is 15.0 Å². The first-order valence-electron chi connectivity index (χ1n) is 8.73. The molecular weight excluding hydrogens is 346 g/mol. The minimum absolute atomic E-state index is 0.687. The zero-order chi connectivity index (χ0) is 18.4. The van der Waals surface area contributed by atoms with Crippen LogP contribution in [0.1, 0.15) is 5.56 Å². The van der Waals surface area contributed by atoms with Gasteiger partial charge in [0.15, 0.2) is 5.11 Å². The van der Waals surface area contributed by atoms with Crippen molar-refractivity contribution >= 4 is 28.7 Å². The summed E-state index contributed by atoms with van der Waals surface area (Å²) in [6.45, 7) is 4.27. The van der Waals surface area contributed by atoms with E-state index in [2.05, 4.69) is 34.5 Å². The van der Waals surface area contributed by atoms with E-state index in [-0.39, 0.29) is 0 Å². The van der Waals surface area contributed by atoms with Gasteiger partial charge >= 0.3 is 0 Å². The second kappa shape index (κ2) is 8.87. The minimum Gasteiger partial charge on any atom is -0.497 e. The van der Waals surface area contributed by atoms with E-state index in [9.17, 15) is 0 Å². The zero-order valence-electron chi connectivity index (χ0n) is 15.3. The average Bonchev–Trinajstić information content (AvgIpc) is 2.70. The lowest BCUT2D eigenvalue weighted by Gasteiger charge is -2.29. The maximum Gasteiger partial charge on any atom is 0.173 e. The fourth-order valence-electron chi connectivity index (χ4n) is 2.87. The molecule has 6 heteroatoms. The molecule has 0 unspecified atom stereocenters. The van der Waals surface area contributed by atoms with E-state index in [0.29, 0.717) is 5.11 Å². The second-order valence-corrected chi connectivity index (χ2v) is 6.67. The topological polar surface area (TPSA) is 37.0 Å². The van der Waals surface area contributed by atoms with Crippen molar-refractivity contribution in [2.24, 2.45) is 0 Å². The van der Waals surface area contributed by atoms with Crippen LogP contribution in [0.2, 0.25) is 0 Å². The van der Waals surface area contributed by atoms with Crippen LogP contribution in [0, 0.1) is 0 Å². The van der Waals surface area contributed by atoms with Crippen LogP contribution in [0.5, 0.6) is 5.75 Å². The molecule has 1 aliphatic rings. The van der Waals surface area contributed by atoms with Gasteiger partial charge < -0.3 is 24.6 Å². The molecule has 1 saturated heterocycles. The summed E-state index contributed by atoms with van der Waals surface area (Å²) in [5, 5.41) is 3.94. The fraction of sp³-hybridized carbons (Fsp3) is 0.350. The summed E-state index contributed by atoms with van der Waals surface area (Å²) in [6, 6.07) is 16.4. The van der Waals surface area contributed by atoms with Crippen LogP contribution in [0.15, 0.2) is 48.5 Å². The predicted octanol–water partition coefficient (Wildman–Crippen LogP) is 3.36. The summed E-state index contributed by atoms with van der Waals surface area (Å²) in [6.07, 6.45) is 0. The van der Waals surface area contributed by atoms with E-state index < -0.39 is 0 Å². The molecule has 138 valence electrons. The van der Waals surface area contributed by atoms with Crippen molar-refractivity contribution in [2.45, 2.75) is 6.54 Å². The molecule has 0 amide bonds. The normalized spacial score (nSPS) is 14.0. The van der Waals surface area contributed by atoms with Crippen molar-refractivity contribution in [3.63, 3.8) is 0 Å². The third-order valence-corrected chi connectivity index (χ3v) is 4.83. The second-order valence-electron chi connectivity index (χ2n) is 6.28. The molecule has 5 nitrogen and oxygen atoms in total. The molecule has 0 bridgehead atoms. The quantitative estimate of drug-likeness (QED) is 0.813. The highest BCUT2D eigenvalue weighted by molar-refractivity contribution is 7.80. The molecule has 26 heavy (non-hydrogen) atoms. The molecule has 3 rings (SSSR count). The number of nitrogens with zero attached hydrogens (tertiary/aromatic N) is 2. The zero-order valence-corrected chi connectivity index (χ0v) is 16.1. The fourth-order valence-corrected chi connectivity index (χ4v) is 3.06. The Balaban J connectivity index is 1.54. The van der Waals surface area contributed by atoms with Gasteiger partial charge in [-0.1, -0.05) is 12.1 Å². The van der Waals surface area contributed by atoms with Crippen LogP contribution >= 0.6 is 12.2 Å². The van der Waals surface area contributed by atoms with Gasteiger partial charge in [-0.25, -0.2) is 0 Å². The number of nitrogens with one attached hydrogen (secondary N) is 1. The van der Waals surface area contributed by atoms with E-state index in [4.69, 9.17) is 21.7 Å². The van der Waals surface area contributed by atoms with Crippen molar-refractivity contribution in [1.29, 1.82) is 0 Å². The first kappa shape index (κ1) is 18.5. The molecular formula is C20H25N3O2S. The monoisotopic (exact) mass is 371 g/mol. The molecule has 2 aromatic carbocycles. The van der Waals surface area contributed by atoms with Crippen LogP contribution in [0.25, 0.3) is 0 Å². The predicted molar refractivity (Wildman–Crippen MR) is 110 cm³/mol. The molecule has 0 aromatic heterocycles. The summed E-state index contributed by atoms with van der Waals surface area (Å²) in [7, 11) is 3.65. The van der Waals surface area contributed by atoms with Crippen LogP contribution in [0.3, 0.4) is 0 Å². The van der Waals surface area contributed by atoms with Gasteiger partial charge in [-0.05, 0) is 54.2 Å². The number of hydrogen-bond donors (Lipinski definition) is 1. The molecule has 0 atom stereocenters. The van der Waals surface area contributed by atoms with Gasteiger partial charge in [0, 0.05) is 38.1 Å². The third-order valence-electron chi connectivity index (χ3n) is 4.42. The summed E-state index contributed by atoms with van der Waals surface area (Å²) in [4.78, 5) is 4.39. The number of morpholine rings is 1. The van der Waals surface area contributed by atoms with Crippen molar-refractivity contribution in [1.82, 2.24) is 4.90 Å².